The molecule has 0 bridgehead atoms. The van der Waals surface area contributed by atoms with Gasteiger partial charge < -0.3 is 9.88 Å². The van der Waals surface area contributed by atoms with Gasteiger partial charge in [0.15, 0.2) is 0 Å². The van der Waals surface area contributed by atoms with Gasteiger partial charge in [-0.25, -0.2) is 0 Å². The molecule has 0 fully saturated rings. The van der Waals surface area contributed by atoms with E-state index in [1.165, 1.54) is 11.1 Å². The van der Waals surface area contributed by atoms with Crippen LogP contribution in [0.5, 0.6) is 0 Å². The number of hydrogen-bond donors (Lipinski definition) is 1. The van der Waals surface area contributed by atoms with Crippen molar-refractivity contribution in [2.24, 2.45) is 0 Å². The van der Waals surface area contributed by atoms with E-state index < -0.39 is 0 Å². The fraction of sp³-hybridized carbons (Fsp3) is 0.286. The van der Waals surface area contributed by atoms with Crippen molar-refractivity contribution >= 4 is 11.6 Å². The number of rotatable bonds is 5. The monoisotopic (exact) mass is 248 g/mol. The first-order valence-electron chi connectivity index (χ1n) is 5.87. The smallest absolute Gasteiger partial charge is 0.0409 e. The Balaban J connectivity index is 1.83. The Labute approximate surface area is 107 Å². The van der Waals surface area contributed by atoms with Crippen molar-refractivity contribution in [3.8, 4) is 0 Å². The molecule has 0 aliphatic carbocycles. The van der Waals surface area contributed by atoms with Crippen LogP contribution in [-0.2, 0) is 19.6 Å². The van der Waals surface area contributed by atoms with Gasteiger partial charge in [0.05, 0.1) is 0 Å². The van der Waals surface area contributed by atoms with Gasteiger partial charge >= 0.3 is 0 Å². The van der Waals surface area contributed by atoms with Crippen LogP contribution in [0.4, 0.5) is 0 Å². The minimum Gasteiger partial charge on any atom is -0.354 e. The summed E-state index contributed by atoms with van der Waals surface area (Å²) in [4.78, 5) is 0. The zero-order chi connectivity index (χ0) is 12.1. The maximum atomic E-state index is 5.93. The predicted molar refractivity (Wildman–Crippen MR) is 72.1 cm³/mol. The van der Waals surface area contributed by atoms with Crippen molar-refractivity contribution in [3.05, 3.63) is 58.9 Å². The van der Waals surface area contributed by atoms with Crippen molar-refractivity contribution in [2.45, 2.75) is 26.6 Å². The van der Waals surface area contributed by atoms with E-state index in [1.54, 1.807) is 0 Å². The first-order chi connectivity index (χ1) is 8.28. The minimum atomic E-state index is 0.793. The number of hydrogen-bond acceptors (Lipinski definition) is 1. The van der Waals surface area contributed by atoms with Crippen LogP contribution in [0.2, 0.25) is 5.02 Å². The molecular weight excluding hydrogens is 232 g/mol. The second kappa shape index (κ2) is 5.89. The third kappa shape index (κ3) is 3.62. The van der Waals surface area contributed by atoms with E-state index in [2.05, 4.69) is 41.3 Å². The van der Waals surface area contributed by atoms with Crippen LogP contribution in [0.15, 0.2) is 42.7 Å². The molecule has 2 aromatic rings. The van der Waals surface area contributed by atoms with E-state index in [0.717, 1.165) is 24.7 Å². The Morgan fingerprint density at radius 3 is 2.71 bits per heavy atom. The fourth-order valence-electron chi connectivity index (χ4n) is 1.79. The second-order valence-corrected chi connectivity index (χ2v) is 4.52. The number of halogens is 1. The van der Waals surface area contributed by atoms with Gasteiger partial charge in [0.1, 0.15) is 0 Å². The maximum absolute atomic E-state index is 5.93. The van der Waals surface area contributed by atoms with Crippen molar-refractivity contribution in [1.82, 2.24) is 9.88 Å². The molecule has 0 saturated heterocycles. The molecule has 3 heteroatoms. The van der Waals surface area contributed by atoms with Crippen LogP contribution in [-0.4, -0.2) is 4.57 Å². The van der Waals surface area contributed by atoms with Crippen molar-refractivity contribution < 1.29 is 0 Å². The lowest BCUT2D eigenvalue weighted by Gasteiger charge is -2.04. The predicted octanol–water partition coefficient (Wildman–Crippen LogP) is 3.45. The van der Waals surface area contributed by atoms with Crippen LogP contribution < -0.4 is 5.32 Å². The zero-order valence-electron chi connectivity index (χ0n) is 9.99. The molecule has 0 unspecified atom stereocenters. The fourth-order valence-corrected chi connectivity index (χ4v) is 2.00. The van der Waals surface area contributed by atoms with Crippen molar-refractivity contribution in [2.75, 3.05) is 0 Å². The lowest BCUT2D eigenvalue weighted by Crippen LogP contribution is -2.12. The number of nitrogens with one attached hydrogen (secondary N) is 1. The molecular formula is C14H17ClN2. The van der Waals surface area contributed by atoms with Crippen molar-refractivity contribution in [3.63, 3.8) is 0 Å². The SMILES string of the molecule is CCn1ccc(CNCc2cccc(Cl)c2)c1. The van der Waals surface area contributed by atoms with Crippen molar-refractivity contribution in [1.29, 1.82) is 0 Å². The highest BCUT2D eigenvalue weighted by Gasteiger charge is 1.97. The summed E-state index contributed by atoms with van der Waals surface area (Å²) < 4.78 is 2.18. The van der Waals surface area contributed by atoms with Gasteiger partial charge in [0.2, 0.25) is 0 Å². The van der Waals surface area contributed by atoms with Gasteiger partial charge in [-0.3, -0.25) is 0 Å². The molecule has 0 aliphatic rings. The Kier molecular flexibility index (Phi) is 4.24. The summed E-state index contributed by atoms with van der Waals surface area (Å²) in [5, 5.41) is 4.20. The third-order valence-electron chi connectivity index (χ3n) is 2.72. The Hall–Kier alpha value is -1.25. The van der Waals surface area contributed by atoms with E-state index in [9.17, 15) is 0 Å². The molecule has 0 atom stereocenters. The summed E-state index contributed by atoms with van der Waals surface area (Å²) in [6, 6.07) is 10.1. The molecule has 0 spiro atoms. The van der Waals surface area contributed by atoms with Crippen LogP contribution in [0, 0.1) is 0 Å². The lowest BCUT2D eigenvalue weighted by molar-refractivity contribution is 0.688. The molecule has 1 aromatic carbocycles. The Bertz CT molecular complexity index is 477. The summed E-state index contributed by atoms with van der Waals surface area (Å²) in [5.41, 5.74) is 2.53. The van der Waals surface area contributed by atoms with E-state index in [4.69, 9.17) is 11.6 Å². The number of benzene rings is 1. The average molecular weight is 249 g/mol. The largest absolute Gasteiger partial charge is 0.354 e. The highest BCUT2D eigenvalue weighted by molar-refractivity contribution is 6.30. The normalized spacial score (nSPS) is 10.7. The van der Waals surface area contributed by atoms with Crippen LogP contribution in [0.1, 0.15) is 18.1 Å². The zero-order valence-corrected chi connectivity index (χ0v) is 10.7. The molecule has 2 nitrogen and oxygen atoms in total. The molecule has 0 aliphatic heterocycles. The average Bonchev–Trinajstić information content (AvgIpc) is 2.77. The van der Waals surface area contributed by atoms with Crippen LogP contribution in [0.25, 0.3) is 0 Å². The second-order valence-electron chi connectivity index (χ2n) is 4.08. The van der Waals surface area contributed by atoms with Gasteiger partial charge in [0, 0.05) is 37.1 Å². The summed E-state index contributed by atoms with van der Waals surface area (Å²) in [5.74, 6) is 0. The molecule has 2 rings (SSSR count). The Morgan fingerprint density at radius 1 is 1.18 bits per heavy atom. The molecule has 0 amide bonds. The van der Waals surface area contributed by atoms with E-state index in [1.807, 2.05) is 18.2 Å². The first kappa shape index (κ1) is 12.2. The van der Waals surface area contributed by atoms with Gasteiger partial charge in [0.25, 0.3) is 0 Å². The van der Waals surface area contributed by atoms with E-state index in [0.29, 0.717) is 0 Å². The summed E-state index contributed by atoms with van der Waals surface area (Å²) in [6.07, 6.45) is 4.28. The highest BCUT2D eigenvalue weighted by Crippen LogP contribution is 2.10. The topological polar surface area (TPSA) is 17.0 Å². The van der Waals surface area contributed by atoms with E-state index >= 15 is 0 Å². The molecule has 0 saturated carbocycles. The van der Waals surface area contributed by atoms with E-state index in [-0.39, 0.29) is 0 Å². The summed E-state index contributed by atoms with van der Waals surface area (Å²) >= 11 is 5.93. The minimum absolute atomic E-state index is 0.793. The molecule has 17 heavy (non-hydrogen) atoms. The van der Waals surface area contributed by atoms with Gasteiger partial charge in [-0.2, -0.15) is 0 Å². The van der Waals surface area contributed by atoms with Gasteiger partial charge in [-0.15, -0.1) is 0 Å². The van der Waals surface area contributed by atoms with Crippen LogP contribution >= 0.6 is 11.6 Å². The maximum Gasteiger partial charge on any atom is 0.0409 e. The molecule has 90 valence electrons. The van der Waals surface area contributed by atoms with Crippen LogP contribution in [0.3, 0.4) is 0 Å². The lowest BCUT2D eigenvalue weighted by atomic mass is 10.2. The number of aromatic nitrogens is 1. The quantitative estimate of drug-likeness (QED) is 0.858. The standard InChI is InChI=1S/C14H17ClN2/c1-2-17-7-6-13(11-17)10-16-9-12-4-3-5-14(15)8-12/h3-8,11,16H,2,9-10H2,1H3. The van der Waals surface area contributed by atoms with Gasteiger partial charge in [-0.1, -0.05) is 23.7 Å². The number of aryl methyl sites for hydroxylation is 1. The Morgan fingerprint density at radius 2 is 2.00 bits per heavy atom. The number of nitrogens with zero attached hydrogens (tertiary/aromatic N) is 1. The third-order valence-corrected chi connectivity index (χ3v) is 2.96. The first-order valence-corrected chi connectivity index (χ1v) is 6.25. The molecule has 1 aromatic heterocycles. The molecule has 0 radical (unpaired) electrons. The highest BCUT2D eigenvalue weighted by atomic mass is 35.5. The molecule has 1 heterocycles. The van der Waals surface area contributed by atoms with Gasteiger partial charge in [-0.05, 0) is 36.2 Å². The summed E-state index contributed by atoms with van der Waals surface area (Å²) in [7, 11) is 0. The molecule has 1 N–H and O–H groups in total. The summed E-state index contributed by atoms with van der Waals surface area (Å²) in [6.45, 7) is 4.90.